The standard InChI is InChI=1S/C21H18ClN5O2S/c1-3-10-27-20(16-6-4-5-7-18(16)29-2)25-26-21(27)30-13-19(28)24-15-9-8-14(12-23)17(22)11-15/h3-9,11H,1,10,13H2,2H3,(H,24,28). The van der Waals surface area contributed by atoms with E-state index >= 15 is 0 Å². The lowest BCUT2D eigenvalue weighted by Gasteiger charge is -2.10. The van der Waals surface area contributed by atoms with Crippen molar-refractivity contribution < 1.29 is 9.53 Å². The molecule has 0 saturated heterocycles. The Morgan fingerprint density at radius 2 is 2.17 bits per heavy atom. The molecule has 2 aromatic carbocycles. The summed E-state index contributed by atoms with van der Waals surface area (Å²) in [5.41, 5.74) is 1.68. The molecule has 0 aliphatic heterocycles. The van der Waals surface area contributed by atoms with Gasteiger partial charge in [0.05, 0.1) is 29.0 Å². The van der Waals surface area contributed by atoms with Crippen molar-refractivity contribution in [3.63, 3.8) is 0 Å². The highest BCUT2D eigenvalue weighted by Crippen LogP contribution is 2.31. The maximum Gasteiger partial charge on any atom is 0.234 e. The van der Waals surface area contributed by atoms with Gasteiger partial charge in [-0.1, -0.05) is 41.6 Å². The number of nitrogens with one attached hydrogen (secondary N) is 1. The molecular weight excluding hydrogens is 422 g/mol. The highest BCUT2D eigenvalue weighted by atomic mass is 35.5. The zero-order valence-corrected chi connectivity index (χ0v) is 17.7. The van der Waals surface area contributed by atoms with Crippen molar-refractivity contribution in [3.8, 4) is 23.2 Å². The first-order chi connectivity index (χ1) is 14.6. The molecule has 0 aliphatic carbocycles. The molecule has 1 heterocycles. The van der Waals surface area contributed by atoms with Gasteiger partial charge in [0.15, 0.2) is 11.0 Å². The Labute approximate surface area is 183 Å². The Bertz CT molecular complexity index is 1120. The summed E-state index contributed by atoms with van der Waals surface area (Å²) < 4.78 is 7.30. The van der Waals surface area contributed by atoms with Gasteiger partial charge in [0, 0.05) is 12.2 Å². The van der Waals surface area contributed by atoms with Gasteiger partial charge >= 0.3 is 0 Å². The predicted molar refractivity (Wildman–Crippen MR) is 118 cm³/mol. The Balaban J connectivity index is 1.74. The number of ether oxygens (including phenoxy) is 1. The first kappa shape index (κ1) is 21.4. The number of anilines is 1. The van der Waals surface area contributed by atoms with Crippen molar-refractivity contribution >= 4 is 35.0 Å². The third-order valence-corrected chi connectivity index (χ3v) is 5.36. The van der Waals surface area contributed by atoms with Gasteiger partial charge in [0.2, 0.25) is 5.91 Å². The quantitative estimate of drug-likeness (QED) is 0.413. The molecule has 30 heavy (non-hydrogen) atoms. The smallest absolute Gasteiger partial charge is 0.234 e. The van der Waals surface area contributed by atoms with Gasteiger partial charge < -0.3 is 10.1 Å². The average molecular weight is 440 g/mol. The number of aromatic nitrogens is 3. The molecule has 9 heteroatoms. The van der Waals surface area contributed by atoms with Crippen molar-refractivity contribution in [2.45, 2.75) is 11.7 Å². The molecule has 0 bridgehead atoms. The summed E-state index contributed by atoms with van der Waals surface area (Å²) in [5, 5.41) is 21.1. The third kappa shape index (κ3) is 4.82. The summed E-state index contributed by atoms with van der Waals surface area (Å²) in [4.78, 5) is 12.4. The van der Waals surface area contributed by atoms with E-state index in [-0.39, 0.29) is 16.7 Å². The van der Waals surface area contributed by atoms with Gasteiger partial charge in [-0.25, -0.2) is 0 Å². The Hall–Kier alpha value is -3.28. The SMILES string of the molecule is C=CCn1c(SCC(=O)Nc2ccc(C#N)c(Cl)c2)nnc1-c1ccccc1OC. The maximum atomic E-state index is 12.4. The van der Waals surface area contributed by atoms with Gasteiger partial charge in [-0.05, 0) is 30.3 Å². The molecular formula is C21H18ClN5O2S. The van der Waals surface area contributed by atoms with Crippen LogP contribution in [0.25, 0.3) is 11.4 Å². The molecule has 7 nitrogen and oxygen atoms in total. The number of thioether (sulfide) groups is 1. The monoisotopic (exact) mass is 439 g/mol. The number of carbonyl (C=O) groups is 1. The number of hydrogen-bond acceptors (Lipinski definition) is 6. The number of carbonyl (C=O) groups excluding carboxylic acids is 1. The molecule has 0 unspecified atom stereocenters. The molecule has 1 amide bonds. The number of halogens is 1. The minimum atomic E-state index is -0.229. The summed E-state index contributed by atoms with van der Waals surface area (Å²) in [7, 11) is 1.60. The summed E-state index contributed by atoms with van der Waals surface area (Å²) in [6.07, 6.45) is 1.74. The van der Waals surface area contributed by atoms with Crippen molar-refractivity contribution in [3.05, 3.63) is 65.7 Å². The average Bonchev–Trinajstić information content (AvgIpc) is 3.15. The lowest BCUT2D eigenvalue weighted by molar-refractivity contribution is -0.113. The van der Waals surface area contributed by atoms with Gasteiger partial charge in [-0.3, -0.25) is 9.36 Å². The highest BCUT2D eigenvalue weighted by Gasteiger charge is 2.17. The summed E-state index contributed by atoms with van der Waals surface area (Å²) >= 11 is 7.27. The number of methoxy groups -OCH3 is 1. The molecule has 3 rings (SSSR count). The van der Waals surface area contributed by atoms with E-state index in [1.807, 2.05) is 34.9 Å². The zero-order valence-electron chi connectivity index (χ0n) is 16.1. The molecule has 1 aromatic heterocycles. The number of benzene rings is 2. The van der Waals surface area contributed by atoms with Crippen molar-refractivity contribution in [2.75, 3.05) is 18.2 Å². The number of hydrogen-bond donors (Lipinski definition) is 1. The van der Waals surface area contributed by atoms with Gasteiger partial charge in [-0.15, -0.1) is 16.8 Å². The van der Waals surface area contributed by atoms with Crippen LogP contribution in [0, 0.1) is 11.3 Å². The van der Waals surface area contributed by atoms with Crippen LogP contribution in [0.4, 0.5) is 5.69 Å². The lowest BCUT2D eigenvalue weighted by atomic mass is 10.2. The predicted octanol–water partition coefficient (Wildman–Crippen LogP) is 4.40. The Kier molecular flexibility index (Phi) is 7.12. The van der Waals surface area contributed by atoms with Gasteiger partial charge in [-0.2, -0.15) is 5.26 Å². The topological polar surface area (TPSA) is 92.8 Å². The van der Waals surface area contributed by atoms with Crippen LogP contribution in [0.5, 0.6) is 5.75 Å². The van der Waals surface area contributed by atoms with E-state index in [2.05, 4.69) is 22.1 Å². The molecule has 3 aromatic rings. The second-order valence-corrected chi connectivity index (χ2v) is 7.40. The van der Waals surface area contributed by atoms with Crippen molar-refractivity contribution in [2.24, 2.45) is 0 Å². The van der Waals surface area contributed by atoms with Crippen molar-refractivity contribution in [1.29, 1.82) is 5.26 Å². The van der Waals surface area contributed by atoms with Crippen LogP contribution in [-0.4, -0.2) is 33.5 Å². The molecule has 0 radical (unpaired) electrons. The summed E-state index contributed by atoms with van der Waals surface area (Å²) in [6, 6.07) is 14.2. The third-order valence-electron chi connectivity index (χ3n) is 4.08. The molecule has 0 fully saturated rings. The van der Waals surface area contributed by atoms with E-state index in [0.717, 1.165) is 5.56 Å². The second-order valence-electron chi connectivity index (χ2n) is 6.05. The molecule has 0 aliphatic rings. The minimum Gasteiger partial charge on any atom is -0.496 e. The normalized spacial score (nSPS) is 10.3. The van der Waals surface area contributed by atoms with E-state index in [1.165, 1.54) is 11.8 Å². The number of amides is 1. The highest BCUT2D eigenvalue weighted by molar-refractivity contribution is 7.99. The Morgan fingerprint density at radius 3 is 2.87 bits per heavy atom. The van der Waals surface area contributed by atoms with Gasteiger partial charge in [0.25, 0.3) is 0 Å². The van der Waals surface area contributed by atoms with Crippen LogP contribution in [0.3, 0.4) is 0 Å². The van der Waals surface area contributed by atoms with E-state index in [1.54, 1.807) is 31.4 Å². The summed E-state index contributed by atoms with van der Waals surface area (Å²) in [6.45, 7) is 4.28. The fourth-order valence-corrected chi connectivity index (χ4v) is 3.70. The van der Waals surface area contributed by atoms with Crippen molar-refractivity contribution in [1.82, 2.24) is 14.8 Å². The number of nitrogens with zero attached hydrogens (tertiary/aromatic N) is 4. The van der Waals surface area contributed by atoms with Gasteiger partial charge in [0.1, 0.15) is 11.8 Å². The number of nitriles is 1. The molecule has 0 saturated carbocycles. The van der Waals surface area contributed by atoms with E-state index in [4.69, 9.17) is 21.6 Å². The fraction of sp³-hybridized carbons (Fsp3) is 0.143. The first-order valence-electron chi connectivity index (χ1n) is 8.87. The van der Waals surface area contributed by atoms with Crippen LogP contribution < -0.4 is 10.1 Å². The van der Waals surface area contributed by atoms with E-state index < -0.39 is 0 Å². The van der Waals surface area contributed by atoms with Crippen LogP contribution in [0.2, 0.25) is 5.02 Å². The molecule has 0 spiro atoms. The van der Waals surface area contributed by atoms with E-state index in [9.17, 15) is 4.79 Å². The van der Waals surface area contributed by atoms with Crippen LogP contribution >= 0.6 is 23.4 Å². The largest absolute Gasteiger partial charge is 0.496 e. The fourth-order valence-electron chi connectivity index (χ4n) is 2.73. The maximum absolute atomic E-state index is 12.4. The first-order valence-corrected chi connectivity index (χ1v) is 10.2. The molecule has 1 N–H and O–H groups in total. The zero-order chi connectivity index (χ0) is 21.5. The number of para-hydroxylation sites is 1. The molecule has 152 valence electrons. The minimum absolute atomic E-state index is 0.124. The van der Waals surface area contributed by atoms with Crippen LogP contribution in [0.15, 0.2) is 60.3 Å². The Morgan fingerprint density at radius 1 is 1.37 bits per heavy atom. The number of rotatable bonds is 8. The second kappa shape index (κ2) is 9.96. The summed E-state index contributed by atoms with van der Waals surface area (Å²) in [5.74, 6) is 1.21. The number of allylic oxidation sites excluding steroid dienone is 1. The van der Waals surface area contributed by atoms with Crippen LogP contribution in [0.1, 0.15) is 5.56 Å². The lowest BCUT2D eigenvalue weighted by Crippen LogP contribution is -2.14. The molecule has 0 atom stereocenters. The van der Waals surface area contributed by atoms with E-state index in [0.29, 0.717) is 34.5 Å². The van der Waals surface area contributed by atoms with Crippen LogP contribution in [-0.2, 0) is 11.3 Å².